The second-order valence-corrected chi connectivity index (χ2v) is 6.68. The van der Waals surface area contributed by atoms with Crippen molar-refractivity contribution in [2.24, 2.45) is 0 Å². The van der Waals surface area contributed by atoms with Gasteiger partial charge in [0.05, 0.1) is 25.4 Å². The number of rotatable bonds is 18. The summed E-state index contributed by atoms with van der Waals surface area (Å²) in [4.78, 5) is 13.6. The van der Waals surface area contributed by atoms with Gasteiger partial charge in [0.2, 0.25) is 0 Å². The molecule has 0 aliphatic heterocycles. The number of carbonyl (C=O) groups is 1. The predicted molar refractivity (Wildman–Crippen MR) is 103 cm³/mol. The molecule has 0 rings (SSSR count). The maximum atomic E-state index is 11.6. The van der Waals surface area contributed by atoms with E-state index in [1.165, 1.54) is 44.9 Å². The van der Waals surface area contributed by atoms with E-state index < -0.39 is 0 Å². The average Bonchev–Trinajstić information content (AvgIpc) is 2.58. The average molecular weight is 358 g/mol. The van der Waals surface area contributed by atoms with E-state index in [-0.39, 0.29) is 12.6 Å². The molecule has 0 bridgehead atoms. The SMILES string of the molecule is C=C(COCCOCCCCCCCCCC)C(=O)OCCN(C)C. The largest absolute Gasteiger partial charge is 0.461 e. The minimum absolute atomic E-state index is 0.196. The Morgan fingerprint density at radius 3 is 2.08 bits per heavy atom. The lowest BCUT2D eigenvalue weighted by atomic mass is 10.1. The lowest BCUT2D eigenvalue weighted by molar-refractivity contribution is -0.140. The zero-order chi connectivity index (χ0) is 18.8. The van der Waals surface area contributed by atoms with Gasteiger partial charge in [-0.1, -0.05) is 58.4 Å². The molecule has 0 saturated heterocycles. The monoisotopic (exact) mass is 357 g/mol. The van der Waals surface area contributed by atoms with Crippen LogP contribution in [0, 0.1) is 0 Å². The zero-order valence-corrected chi connectivity index (χ0v) is 16.7. The summed E-state index contributed by atoms with van der Waals surface area (Å²) in [6, 6.07) is 0. The van der Waals surface area contributed by atoms with Gasteiger partial charge in [-0.15, -0.1) is 0 Å². The van der Waals surface area contributed by atoms with Crippen molar-refractivity contribution in [1.82, 2.24) is 4.90 Å². The topological polar surface area (TPSA) is 48.0 Å². The molecule has 0 heterocycles. The van der Waals surface area contributed by atoms with Crippen molar-refractivity contribution >= 4 is 5.97 Å². The molecule has 148 valence electrons. The molecular weight excluding hydrogens is 318 g/mol. The van der Waals surface area contributed by atoms with Gasteiger partial charge in [0.15, 0.2) is 0 Å². The van der Waals surface area contributed by atoms with Crippen molar-refractivity contribution in [2.75, 3.05) is 53.7 Å². The van der Waals surface area contributed by atoms with E-state index in [0.717, 1.165) is 13.0 Å². The third-order valence-corrected chi connectivity index (χ3v) is 3.85. The van der Waals surface area contributed by atoms with Gasteiger partial charge in [0, 0.05) is 13.2 Å². The Balaban J connectivity index is 3.29. The highest BCUT2D eigenvalue weighted by Gasteiger charge is 2.08. The quantitative estimate of drug-likeness (QED) is 0.212. The molecule has 0 spiro atoms. The van der Waals surface area contributed by atoms with E-state index in [0.29, 0.717) is 31.9 Å². The molecule has 0 aromatic heterocycles. The van der Waals surface area contributed by atoms with Gasteiger partial charge in [-0.05, 0) is 20.5 Å². The van der Waals surface area contributed by atoms with E-state index in [4.69, 9.17) is 14.2 Å². The number of nitrogens with zero attached hydrogens (tertiary/aromatic N) is 1. The van der Waals surface area contributed by atoms with Crippen molar-refractivity contribution in [1.29, 1.82) is 0 Å². The molecule has 0 amide bonds. The molecule has 5 nitrogen and oxygen atoms in total. The van der Waals surface area contributed by atoms with Crippen LogP contribution in [0.2, 0.25) is 0 Å². The molecule has 0 N–H and O–H groups in total. The number of carbonyl (C=O) groups excluding carboxylic acids is 1. The molecule has 0 aromatic rings. The molecule has 25 heavy (non-hydrogen) atoms. The molecule has 0 aliphatic carbocycles. The molecule has 0 aromatic carbocycles. The van der Waals surface area contributed by atoms with Crippen molar-refractivity contribution in [3.05, 3.63) is 12.2 Å². The highest BCUT2D eigenvalue weighted by atomic mass is 16.5. The number of ether oxygens (including phenoxy) is 3. The molecule has 0 unspecified atom stereocenters. The number of unbranched alkanes of at least 4 members (excludes halogenated alkanes) is 7. The molecule has 0 radical (unpaired) electrons. The van der Waals surface area contributed by atoms with Gasteiger partial charge >= 0.3 is 5.97 Å². The van der Waals surface area contributed by atoms with Gasteiger partial charge < -0.3 is 19.1 Å². The summed E-state index contributed by atoms with van der Waals surface area (Å²) in [6.45, 7) is 9.01. The first-order valence-electron chi connectivity index (χ1n) is 9.73. The Morgan fingerprint density at radius 2 is 1.44 bits per heavy atom. The normalized spacial score (nSPS) is 11.0. The Kier molecular flexibility index (Phi) is 17.2. The lowest BCUT2D eigenvalue weighted by Crippen LogP contribution is -2.21. The summed E-state index contributed by atoms with van der Waals surface area (Å²) in [5.74, 6) is -0.387. The fourth-order valence-electron chi connectivity index (χ4n) is 2.24. The van der Waals surface area contributed by atoms with Crippen LogP contribution < -0.4 is 0 Å². The molecule has 5 heteroatoms. The van der Waals surface area contributed by atoms with Gasteiger partial charge in [-0.3, -0.25) is 0 Å². The first-order valence-corrected chi connectivity index (χ1v) is 9.73. The van der Waals surface area contributed by atoms with Crippen molar-refractivity contribution in [3.63, 3.8) is 0 Å². The number of likely N-dealkylation sites (N-methyl/N-ethyl adjacent to an activating group) is 1. The molecule has 0 saturated carbocycles. The number of esters is 1. The fourth-order valence-corrected chi connectivity index (χ4v) is 2.24. The maximum Gasteiger partial charge on any atom is 0.335 e. The van der Waals surface area contributed by atoms with E-state index in [2.05, 4.69) is 13.5 Å². The smallest absolute Gasteiger partial charge is 0.335 e. The van der Waals surface area contributed by atoms with Crippen molar-refractivity contribution in [3.8, 4) is 0 Å². The van der Waals surface area contributed by atoms with E-state index in [1.54, 1.807) is 0 Å². The fraction of sp³-hybridized carbons (Fsp3) is 0.850. The Hall–Kier alpha value is -0.910. The second-order valence-electron chi connectivity index (χ2n) is 6.68. The van der Waals surface area contributed by atoms with Gasteiger partial charge in [0.1, 0.15) is 6.61 Å². The summed E-state index contributed by atoms with van der Waals surface area (Å²) in [6.07, 6.45) is 10.4. The van der Waals surface area contributed by atoms with Gasteiger partial charge in [0.25, 0.3) is 0 Å². The van der Waals surface area contributed by atoms with Crippen molar-refractivity contribution < 1.29 is 19.0 Å². The minimum Gasteiger partial charge on any atom is -0.461 e. The highest BCUT2D eigenvalue weighted by molar-refractivity contribution is 5.87. The van der Waals surface area contributed by atoms with Crippen LogP contribution in [0.25, 0.3) is 0 Å². The number of hydrogen-bond donors (Lipinski definition) is 0. The third-order valence-electron chi connectivity index (χ3n) is 3.85. The van der Waals surface area contributed by atoms with Crippen LogP contribution in [0.4, 0.5) is 0 Å². The van der Waals surface area contributed by atoms with Crippen LogP contribution in [-0.2, 0) is 19.0 Å². The predicted octanol–water partition coefficient (Wildman–Crippen LogP) is 3.82. The van der Waals surface area contributed by atoms with Crippen LogP contribution in [0.5, 0.6) is 0 Å². The summed E-state index contributed by atoms with van der Waals surface area (Å²) < 4.78 is 16.0. The summed E-state index contributed by atoms with van der Waals surface area (Å²) >= 11 is 0. The lowest BCUT2D eigenvalue weighted by Gasteiger charge is -2.11. The molecule has 0 aliphatic rings. The third kappa shape index (κ3) is 17.7. The molecular formula is C20H39NO4. The summed E-state index contributed by atoms with van der Waals surface area (Å²) in [7, 11) is 3.86. The number of hydrogen-bond acceptors (Lipinski definition) is 5. The first-order chi connectivity index (χ1) is 12.1. The maximum absolute atomic E-state index is 11.6. The van der Waals surface area contributed by atoms with Crippen LogP contribution in [0.1, 0.15) is 58.3 Å². The zero-order valence-electron chi connectivity index (χ0n) is 16.7. The standard InChI is InChI=1S/C20H39NO4/c1-5-6-7-8-9-10-11-12-14-23-16-17-24-18-19(2)20(22)25-15-13-21(3)4/h2,5-18H2,1,3-4H3. The van der Waals surface area contributed by atoms with E-state index >= 15 is 0 Å². The molecule has 0 atom stereocenters. The highest BCUT2D eigenvalue weighted by Crippen LogP contribution is 2.08. The first kappa shape index (κ1) is 24.1. The summed E-state index contributed by atoms with van der Waals surface area (Å²) in [5.41, 5.74) is 0.349. The molecule has 0 fully saturated rings. The van der Waals surface area contributed by atoms with Crippen LogP contribution in [-0.4, -0.2) is 64.5 Å². The summed E-state index contributed by atoms with van der Waals surface area (Å²) in [5, 5.41) is 0. The minimum atomic E-state index is -0.387. The van der Waals surface area contributed by atoms with Crippen LogP contribution in [0.15, 0.2) is 12.2 Å². The second kappa shape index (κ2) is 17.9. The van der Waals surface area contributed by atoms with Crippen LogP contribution >= 0.6 is 0 Å². The van der Waals surface area contributed by atoms with Crippen molar-refractivity contribution in [2.45, 2.75) is 58.3 Å². The van der Waals surface area contributed by atoms with Crippen LogP contribution in [0.3, 0.4) is 0 Å². The Labute approximate surface area is 154 Å². The van der Waals surface area contributed by atoms with E-state index in [9.17, 15) is 4.79 Å². The van der Waals surface area contributed by atoms with Gasteiger partial charge in [-0.2, -0.15) is 0 Å². The van der Waals surface area contributed by atoms with Gasteiger partial charge in [-0.25, -0.2) is 4.79 Å². The van der Waals surface area contributed by atoms with E-state index in [1.807, 2.05) is 19.0 Å². The Bertz CT molecular complexity index is 332. The Morgan fingerprint density at radius 1 is 0.840 bits per heavy atom.